The smallest absolute Gasteiger partial charge is 0.155 e. The fourth-order valence-corrected chi connectivity index (χ4v) is 1.40. The van der Waals surface area contributed by atoms with Crippen molar-refractivity contribution in [1.29, 1.82) is 0 Å². The van der Waals surface area contributed by atoms with Gasteiger partial charge in [0.1, 0.15) is 12.1 Å². The molecule has 0 aromatic carbocycles. The lowest BCUT2D eigenvalue weighted by atomic mass is 10.2. The van der Waals surface area contributed by atoms with Gasteiger partial charge in [0.15, 0.2) is 5.76 Å². The van der Waals surface area contributed by atoms with E-state index in [4.69, 9.17) is 4.52 Å². The molecule has 0 radical (unpaired) electrons. The van der Waals surface area contributed by atoms with Gasteiger partial charge in [-0.3, -0.25) is 0 Å². The zero-order valence-electron chi connectivity index (χ0n) is 9.18. The van der Waals surface area contributed by atoms with E-state index in [0.29, 0.717) is 6.54 Å². The minimum Gasteiger partial charge on any atom is -0.363 e. The molecule has 0 aliphatic rings. The first-order valence-corrected chi connectivity index (χ1v) is 5.33. The molecule has 0 aliphatic heterocycles. The Hall–Kier alpha value is -1.91. The van der Waals surface area contributed by atoms with Crippen LogP contribution in [0, 0.1) is 0 Å². The van der Waals surface area contributed by atoms with Crippen molar-refractivity contribution in [3.63, 3.8) is 0 Å². The molecule has 2 rings (SSSR count). The van der Waals surface area contributed by atoms with Crippen molar-refractivity contribution in [2.45, 2.75) is 26.3 Å². The normalized spacial score (nSPS) is 10.3. The summed E-state index contributed by atoms with van der Waals surface area (Å²) in [6.07, 6.45) is 5.26. The maximum atomic E-state index is 4.98. The molecule has 5 heteroatoms. The van der Waals surface area contributed by atoms with Crippen molar-refractivity contribution >= 4 is 5.82 Å². The summed E-state index contributed by atoms with van der Waals surface area (Å²) in [6.45, 7) is 2.71. The van der Waals surface area contributed by atoms with Crippen LogP contribution in [0.2, 0.25) is 0 Å². The van der Waals surface area contributed by atoms with Crippen LogP contribution in [0.1, 0.15) is 24.8 Å². The lowest BCUT2D eigenvalue weighted by molar-refractivity contribution is 0.388. The van der Waals surface area contributed by atoms with E-state index in [0.717, 1.165) is 30.1 Å². The van der Waals surface area contributed by atoms with E-state index in [1.54, 1.807) is 12.5 Å². The average molecular weight is 218 g/mol. The second kappa shape index (κ2) is 5.25. The number of aryl methyl sites for hydroxylation is 1. The Morgan fingerprint density at radius 3 is 3.06 bits per heavy atom. The Bertz CT molecular complexity index is 427. The van der Waals surface area contributed by atoms with Crippen LogP contribution in [0.5, 0.6) is 0 Å². The molecule has 0 bridgehead atoms. The third-order valence-corrected chi connectivity index (χ3v) is 2.16. The second-order valence-electron chi connectivity index (χ2n) is 3.48. The number of hydrogen-bond donors (Lipinski definition) is 1. The highest BCUT2D eigenvalue weighted by atomic mass is 16.5. The Balaban J connectivity index is 1.96. The van der Waals surface area contributed by atoms with E-state index in [1.165, 1.54) is 0 Å². The summed E-state index contributed by atoms with van der Waals surface area (Å²) in [7, 11) is 0. The van der Waals surface area contributed by atoms with E-state index in [2.05, 4.69) is 27.4 Å². The highest BCUT2D eigenvalue weighted by molar-refractivity contribution is 5.35. The van der Waals surface area contributed by atoms with Gasteiger partial charge in [-0.05, 0) is 6.42 Å². The van der Waals surface area contributed by atoms with Crippen molar-refractivity contribution in [3.05, 3.63) is 36.1 Å². The van der Waals surface area contributed by atoms with E-state index >= 15 is 0 Å². The lowest BCUT2D eigenvalue weighted by Gasteiger charge is -2.04. The quantitative estimate of drug-likeness (QED) is 0.831. The standard InChI is InChI=1S/C11H14N4O/c1-2-3-9-6-11(14-8-13-9)12-7-10-4-5-15-16-10/h4-6,8H,2-3,7H2,1H3,(H,12,13,14). The molecule has 0 amide bonds. The SMILES string of the molecule is CCCc1cc(NCc2ccno2)ncn1. The summed E-state index contributed by atoms with van der Waals surface area (Å²) in [6, 6.07) is 3.78. The number of hydrogen-bond acceptors (Lipinski definition) is 5. The van der Waals surface area contributed by atoms with Crippen molar-refractivity contribution in [1.82, 2.24) is 15.1 Å². The molecule has 84 valence electrons. The highest BCUT2D eigenvalue weighted by Crippen LogP contribution is 2.07. The number of rotatable bonds is 5. The van der Waals surface area contributed by atoms with E-state index in [-0.39, 0.29) is 0 Å². The maximum Gasteiger partial charge on any atom is 0.155 e. The minimum atomic E-state index is 0.586. The molecule has 0 spiro atoms. The average Bonchev–Trinajstić information content (AvgIpc) is 2.80. The zero-order chi connectivity index (χ0) is 11.2. The Morgan fingerprint density at radius 2 is 2.31 bits per heavy atom. The third kappa shape index (κ3) is 2.79. The molecule has 0 saturated heterocycles. The predicted molar refractivity (Wildman–Crippen MR) is 59.9 cm³/mol. The predicted octanol–water partition coefficient (Wildman–Crippen LogP) is 2.03. The molecule has 0 saturated carbocycles. The lowest BCUT2D eigenvalue weighted by Crippen LogP contribution is -2.02. The Labute approximate surface area is 93.9 Å². The molecule has 0 unspecified atom stereocenters. The molecule has 2 heterocycles. The largest absolute Gasteiger partial charge is 0.363 e. The van der Waals surface area contributed by atoms with Crippen LogP contribution in [-0.2, 0) is 13.0 Å². The Kier molecular flexibility index (Phi) is 3.48. The summed E-state index contributed by atoms with van der Waals surface area (Å²) in [5.74, 6) is 1.60. The molecule has 1 N–H and O–H groups in total. The van der Waals surface area contributed by atoms with Gasteiger partial charge in [0.25, 0.3) is 0 Å². The van der Waals surface area contributed by atoms with Crippen LogP contribution in [0.4, 0.5) is 5.82 Å². The monoisotopic (exact) mass is 218 g/mol. The summed E-state index contributed by atoms with van der Waals surface area (Å²) in [5.41, 5.74) is 1.05. The van der Waals surface area contributed by atoms with Crippen LogP contribution >= 0.6 is 0 Å². The number of aromatic nitrogens is 3. The van der Waals surface area contributed by atoms with Gasteiger partial charge in [0, 0.05) is 17.8 Å². The molecular formula is C11H14N4O. The minimum absolute atomic E-state index is 0.586. The summed E-state index contributed by atoms with van der Waals surface area (Å²) in [5, 5.41) is 6.79. The van der Waals surface area contributed by atoms with E-state index in [9.17, 15) is 0 Å². The van der Waals surface area contributed by atoms with E-state index in [1.807, 2.05) is 12.1 Å². The zero-order valence-corrected chi connectivity index (χ0v) is 9.18. The molecule has 2 aromatic rings. The van der Waals surface area contributed by atoms with Crippen molar-refractivity contribution in [2.75, 3.05) is 5.32 Å². The van der Waals surface area contributed by atoms with E-state index < -0.39 is 0 Å². The van der Waals surface area contributed by atoms with Crippen LogP contribution in [0.3, 0.4) is 0 Å². The van der Waals surface area contributed by atoms with Crippen molar-refractivity contribution < 1.29 is 4.52 Å². The molecule has 0 fully saturated rings. The van der Waals surface area contributed by atoms with Gasteiger partial charge in [-0.15, -0.1) is 0 Å². The van der Waals surface area contributed by atoms with Crippen LogP contribution < -0.4 is 5.32 Å². The summed E-state index contributed by atoms with van der Waals surface area (Å²) in [4.78, 5) is 8.32. The summed E-state index contributed by atoms with van der Waals surface area (Å²) < 4.78 is 4.98. The summed E-state index contributed by atoms with van der Waals surface area (Å²) >= 11 is 0. The van der Waals surface area contributed by atoms with Crippen LogP contribution in [-0.4, -0.2) is 15.1 Å². The second-order valence-corrected chi connectivity index (χ2v) is 3.48. The van der Waals surface area contributed by atoms with Crippen LogP contribution in [0.25, 0.3) is 0 Å². The number of nitrogens with zero attached hydrogens (tertiary/aromatic N) is 3. The van der Waals surface area contributed by atoms with Crippen molar-refractivity contribution in [2.24, 2.45) is 0 Å². The first kappa shape index (κ1) is 10.6. The van der Waals surface area contributed by atoms with Crippen molar-refractivity contribution in [3.8, 4) is 0 Å². The highest BCUT2D eigenvalue weighted by Gasteiger charge is 2.00. The van der Waals surface area contributed by atoms with Crippen LogP contribution in [0.15, 0.2) is 29.2 Å². The van der Waals surface area contributed by atoms with Gasteiger partial charge in [0.2, 0.25) is 0 Å². The number of anilines is 1. The Morgan fingerprint density at radius 1 is 1.38 bits per heavy atom. The topological polar surface area (TPSA) is 63.8 Å². The van der Waals surface area contributed by atoms with Gasteiger partial charge in [-0.25, -0.2) is 9.97 Å². The molecule has 0 aliphatic carbocycles. The van der Waals surface area contributed by atoms with Gasteiger partial charge < -0.3 is 9.84 Å². The van der Waals surface area contributed by atoms with Gasteiger partial charge in [-0.1, -0.05) is 18.5 Å². The third-order valence-electron chi connectivity index (χ3n) is 2.16. The fraction of sp³-hybridized carbons (Fsp3) is 0.364. The van der Waals surface area contributed by atoms with Gasteiger partial charge in [0.05, 0.1) is 12.7 Å². The molecule has 16 heavy (non-hydrogen) atoms. The fourth-order valence-electron chi connectivity index (χ4n) is 1.40. The molecule has 5 nitrogen and oxygen atoms in total. The molecular weight excluding hydrogens is 204 g/mol. The number of nitrogens with one attached hydrogen (secondary N) is 1. The van der Waals surface area contributed by atoms with Gasteiger partial charge >= 0.3 is 0 Å². The maximum absolute atomic E-state index is 4.98. The van der Waals surface area contributed by atoms with Gasteiger partial charge in [-0.2, -0.15) is 0 Å². The first-order valence-electron chi connectivity index (χ1n) is 5.33. The molecule has 0 atom stereocenters. The first-order chi connectivity index (χ1) is 7.88. The molecule has 2 aromatic heterocycles.